The number of carboxylic acid groups (broad SMARTS) is 1. The van der Waals surface area contributed by atoms with Gasteiger partial charge in [0.2, 0.25) is 5.89 Å². The molecule has 0 saturated carbocycles. The van der Waals surface area contributed by atoms with E-state index in [1.807, 2.05) is 0 Å². The molecule has 2 atom stereocenters. The number of hydrogen-bond acceptors (Lipinski definition) is 4. The van der Waals surface area contributed by atoms with Crippen molar-refractivity contribution in [2.75, 3.05) is 0 Å². The summed E-state index contributed by atoms with van der Waals surface area (Å²) in [6.45, 7) is 5.28. The minimum atomic E-state index is -0.877. The fourth-order valence-corrected chi connectivity index (χ4v) is 1.51. The van der Waals surface area contributed by atoms with Crippen LogP contribution in [0, 0.1) is 6.92 Å². The molecule has 2 unspecified atom stereocenters. The molecule has 19 heavy (non-hydrogen) atoms. The molecular formula is C12H19N3O4. The summed E-state index contributed by atoms with van der Waals surface area (Å²) in [5.41, 5.74) is 0. The summed E-state index contributed by atoms with van der Waals surface area (Å²) in [6, 6.07) is -0.934. The predicted octanol–water partition coefficient (Wildman–Crippen LogP) is 1.60. The van der Waals surface area contributed by atoms with Crippen LogP contribution in [0.15, 0.2) is 10.6 Å². The highest BCUT2D eigenvalue weighted by Gasteiger charge is 2.15. The van der Waals surface area contributed by atoms with E-state index in [0.29, 0.717) is 18.1 Å². The molecule has 0 spiro atoms. The molecule has 0 aromatic carbocycles. The van der Waals surface area contributed by atoms with Crippen molar-refractivity contribution in [3.8, 4) is 0 Å². The van der Waals surface area contributed by atoms with Crippen LogP contribution in [0.4, 0.5) is 4.79 Å². The molecule has 106 valence electrons. The van der Waals surface area contributed by atoms with Gasteiger partial charge in [0.25, 0.3) is 0 Å². The third-order valence-electron chi connectivity index (χ3n) is 2.53. The molecule has 0 bridgehead atoms. The van der Waals surface area contributed by atoms with E-state index in [1.165, 1.54) is 0 Å². The zero-order chi connectivity index (χ0) is 14.4. The molecule has 0 aliphatic rings. The lowest BCUT2D eigenvalue weighted by Crippen LogP contribution is -2.42. The lowest BCUT2D eigenvalue weighted by atomic mass is 10.2. The van der Waals surface area contributed by atoms with Crippen LogP contribution in [0.3, 0.4) is 0 Å². The van der Waals surface area contributed by atoms with Crippen molar-refractivity contribution < 1.29 is 19.1 Å². The molecule has 3 N–H and O–H groups in total. The summed E-state index contributed by atoms with van der Waals surface area (Å²) in [5, 5.41) is 13.9. The lowest BCUT2D eigenvalue weighted by molar-refractivity contribution is -0.137. The highest BCUT2D eigenvalue weighted by Crippen LogP contribution is 2.11. The van der Waals surface area contributed by atoms with Gasteiger partial charge in [0.1, 0.15) is 11.8 Å². The van der Waals surface area contributed by atoms with Crippen LogP contribution >= 0.6 is 0 Å². The third kappa shape index (κ3) is 5.41. The van der Waals surface area contributed by atoms with Crippen molar-refractivity contribution in [3.63, 3.8) is 0 Å². The fraction of sp³-hybridized carbons (Fsp3) is 0.583. The summed E-state index contributed by atoms with van der Waals surface area (Å²) < 4.78 is 5.30. The first-order valence-corrected chi connectivity index (χ1v) is 6.09. The lowest BCUT2D eigenvalue weighted by Gasteiger charge is -2.16. The predicted molar refractivity (Wildman–Crippen MR) is 67.7 cm³/mol. The molecule has 0 aliphatic heterocycles. The van der Waals surface area contributed by atoms with Gasteiger partial charge in [-0.25, -0.2) is 9.78 Å². The number of amides is 2. The van der Waals surface area contributed by atoms with Crippen molar-refractivity contribution in [2.24, 2.45) is 0 Å². The first kappa shape index (κ1) is 15.0. The Hall–Kier alpha value is -2.05. The molecule has 0 saturated heterocycles. The largest absolute Gasteiger partial charge is 0.481 e. The minimum absolute atomic E-state index is 0.0237. The summed E-state index contributed by atoms with van der Waals surface area (Å²) in [4.78, 5) is 26.1. The Morgan fingerprint density at radius 2 is 2.11 bits per heavy atom. The maximum absolute atomic E-state index is 11.6. The number of urea groups is 1. The first-order valence-electron chi connectivity index (χ1n) is 6.09. The number of aliphatic carboxylic acids is 1. The van der Waals surface area contributed by atoms with Gasteiger partial charge in [-0.15, -0.1) is 0 Å². The highest BCUT2D eigenvalue weighted by molar-refractivity contribution is 5.74. The normalized spacial score (nSPS) is 13.6. The Balaban J connectivity index is 2.36. The number of aryl methyl sites for hydroxylation is 1. The summed E-state index contributed by atoms with van der Waals surface area (Å²) >= 11 is 0. The highest BCUT2D eigenvalue weighted by atomic mass is 16.4. The second-order valence-corrected chi connectivity index (χ2v) is 4.48. The van der Waals surface area contributed by atoms with E-state index in [9.17, 15) is 9.59 Å². The van der Waals surface area contributed by atoms with E-state index >= 15 is 0 Å². The number of nitrogens with one attached hydrogen (secondary N) is 2. The van der Waals surface area contributed by atoms with Crippen molar-refractivity contribution in [3.05, 3.63) is 17.8 Å². The molecule has 0 radical (unpaired) electrons. The van der Waals surface area contributed by atoms with Gasteiger partial charge in [0, 0.05) is 12.5 Å². The zero-order valence-corrected chi connectivity index (χ0v) is 11.3. The topological polar surface area (TPSA) is 104 Å². The minimum Gasteiger partial charge on any atom is -0.481 e. The summed E-state index contributed by atoms with van der Waals surface area (Å²) in [5.74, 6) is 0.238. The van der Waals surface area contributed by atoms with Gasteiger partial charge >= 0.3 is 12.0 Å². The number of oxazole rings is 1. The Morgan fingerprint density at radius 1 is 1.42 bits per heavy atom. The van der Waals surface area contributed by atoms with E-state index in [1.54, 1.807) is 27.0 Å². The number of hydrogen-bond donors (Lipinski definition) is 3. The number of rotatable bonds is 6. The smallest absolute Gasteiger partial charge is 0.315 e. The van der Waals surface area contributed by atoms with Crippen molar-refractivity contribution in [1.82, 2.24) is 15.6 Å². The van der Waals surface area contributed by atoms with Crippen LogP contribution in [-0.2, 0) is 4.79 Å². The first-order chi connectivity index (χ1) is 8.88. The van der Waals surface area contributed by atoms with Crippen LogP contribution in [0.1, 0.15) is 44.4 Å². The molecule has 1 heterocycles. The SMILES string of the molecule is Cc1cnc(C(C)NC(=O)NC(C)CCC(=O)O)o1. The van der Waals surface area contributed by atoms with Gasteiger partial charge in [-0.3, -0.25) is 4.79 Å². The van der Waals surface area contributed by atoms with Crippen LogP contribution in [0.25, 0.3) is 0 Å². The Kier molecular flexibility index (Phi) is 5.35. The Morgan fingerprint density at radius 3 is 2.63 bits per heavy atom. The third-order valence-corrected chi connectivity index (χ3v) is 2.53. The Bertz CT molecular complexity index is 444. The molecule has 1 aromatic rings. The average Bonchev–Trinajstić information content (AvgIpc) is 2.73. The van der Waals surface area contributed by atoms with Gasteiger partial charge in [0.05, 0.1) is 6.20 Å². The van der Waals surface area contributed by atoms with Crippen molar-refractivity contribution >= 4 is 12.0 Å². The summed E-state index contributed by atoms with van der Waals surface area (Å²) in [6.07, 6.45) is 1.99. The van der Waals surface area contributed by atoms with Crippen LogP contribution in [0.2, 0.25) is 0 Å². The molecular weight excluding hydrogens is 250 g/mol. The molecule has 1 rings (SSSR count). The van der Waals surface area contributed by atoms with Crippen LogP contribution in [0.5, 0.6) is 0 Å². The van der Waals surface area contributed by atoms with Gasteiger partial charge < -0.3 is 20.2 Å². The molecule has 0 aliphatic carbocycles. The number of carbonyl (C=O) groups excluding carboxylic acids is 1. The number of carboxylic acids is 1. The van der Waals surface area contributed by atoms with E-state index in [4.69, 9.17) is 9.52 Å². The van der Waals surface area contributed by atoms with E-state index < -0.39 is 5.97 Å². The van der Waals surface area contributed by atoms with Gasteiger partial charge in [-0.05, 0) is 27.2 Å². The quantitative estimate of drug-likeness (QED) is 0.727. The van der Waals surface area contributed by atoms with E-state index in [0.717, 1.165) is 0 Å². The zero-order valence-electron chi connectivity index (χ0n) is 11.3. The second-order valence-electron chi connectivity index (χ2n) is 4.48. The summed E-state index contributed by atoms with van der Waals surface area (Å²) in [7, 11) is 0. The number of nitrogens with zero attached hydrogens (tertiary/aromatic N) is 1. The Labute approximate surface area is 111 Å². The standard InChI is InChI=1S/C12H19N3O4/c1-7(4-5-10(16)17)14-12(18)15-9(3)11-13-6-8(2)19-11/h6-7,9H,4-5H2,1-3H3,(H,16,17)(H2,14,15,18). The van der Waals surface area contributed by atoms with E-state index in [2.05, 4.69) is 15.6 Å². The maximum atomic E-state index is 11.6. The number of aromatic nitrogens is 1. The molecule has 7 nitrogen and oxygen atoms in total. The van der Waals surface area contributed by atoms with Gasteiger partial charge in [0.15, 0.2) is 0 Å². The van der Waals surface area contributed by atoms with Crippen LogP contribution in [-0.4, -0.2) is 28.1 Å². The maximum Gasteiger partial charge on any atom is 0.315 e. The number of carbonyl (C=O) groups is 2. The van der Waals surface area contributed by atoms with Crippen LogP contribution < -0.4 is 10.6 Å². The van der Waals surface area contributed by atoms with Gasteiger partial charge in [-0.2, -0.15) is 0 Å². The van der Waals surface area contributed by atoms with Crippen molar-refractivity contribution in [1.29, 1.82) is 0 Å². The molecule has 0 fully saturated rings. The average molecular weight is 269 g/mol. The molecule has 1 aromatic heterocycles. The monoisotopic (exact) mass is 269 g/mol. The van der Waals surface area contributed by atoms with Crippen molar-refractivity contribution in [2.45, 2.75) is 45.7 Å². The second kappa shape index (κ2) is 6.77. The van der Waals surface area contributed by atoms with E-state index in [-0.39, 0.29) is 24.5 Å². The molecule has 2 amide bonds. The fourth-order valence-electron chi connectivity index (χ4n) is 1.51. The van der Waals surface area contributed by atoms with Gasteiger partial charge in [-0.1, -0.05) is 0 Å². The molecule has 7 heteroatoms.